The molecule has 15 heavy (non-hydrogen) atoms. The predicted octanol–water partition coefficient (Wildman–Crippen LogP) is 2.54. The number of thioether (sulfide) groups is 1. The second kappa shape index (κ2) is 4.45. The van der Waals surface area contributed by atoms with Crippen molar-refractivity contribution in [3.05, 3.63) is 15.9 Å². The summed E-state index contributed by atoms with van der Waals surface area (Å²) in [5.74, 6) is -0.205. The van der Waals surface area contributed by atoms with E-state index in [-0.39, 0.29) is 5.97 Å². The average Bonchev–Trinajstić information content (AvgIpc) is 2.56. The molecule has 1 saturated heterocycles. The molecule has 2 rings (SSSR count). The molecule has 6 heteroatoms. The summed E-state index contributed by atoms with van der Waals surface area (Å²) in [6, 6.07) is 3.96. The largest absolute Gasteiger partial charge is 0.468 e. The highest BCUT2D eigenvalue weighted by atomic mass is 79.9. The minimum Gasteiger partial charge on any atom is -0.468 e. The van der Waals surface area contributed by atoms with Gasteiger partial charge in [-0.3, -0.25) is 4.79 Å². The van der Waals surface area contributed by atoms with Crippen LogP contribution in [-0.2, 0) is 14.3 Å². The van der Waals surface area contributed by atoms with E-state index < -0.39 is 4.75 Å². The molecule has 1 aromatic heterocycles. The van der Waals surface area contributed by atoms with Crippen molar-refractivity contribution in [3.8, 4) is 0 Å². The van der Waals surface area contributed by atoms with Crippen molar-refractivity contribution in [2.75, 3.05) is 20.3 Å². The summed E-state index contributed by atoms with van der Waals surface area (Å²) in [6.07, 6.45) is 0. The van der Waals surface area contributed by atoms with Gasteiger partial charge in [0.05, 0.1) is 28.3 Å². The van der Waals surface area contributed by atoms with Crippen LogP contribution in [0.15, 0.2) is 20.1 Å². The Morgan fingerprint density at radius 1 is 1.67 bits per heavy atom. The molecule has 0 spiro atoms. The number of esters is 1. The third-order valence-corrected chi connectivity index (χ3v) is 5.12. The van der Waals surface area contributed by atoms with Crippen molar-refractivity contribution < 1.29 is 14.3 Å². The fourth-order valence-electron chi connectivity index (χ4n) is 1.24. The zero-order chi connectivity index (χ0) is 10.9. The van der Waals surface area contributed by atoms with Crippen molar-refractivity contribution in [1.29, 1.82) is 0 Å². The molecule has 2 heterocycles. The molecule has 0 bridgehead atoms. The summed E-state index contributed by atoms with van der Waals surface area (Å²) in [4.78, 5) is 11.6. The van der Waals surface area contributed by atoms with Gasteiger partial charge in [0.1, 0.15) is 0 Å². The van der Waals surface area contributed by atoms with Crippen molar-refractivity contribution in [2.45, 2.75) is 8.96 Å². The van der Waals surface area contributed by atoms with E-state index in [0.29, 0.717) is 13.2 Å². The Balaban J connectivity index is 2.11. The van der Waals surface area contributed by atoms with Gasteiger partial charge in [-0.2, -0.15) is 0 Å². The van der Waals surface area contributed by atoms with E-state index in [1.165, 1.54) is 18.9 Å². The number of thiophene rings is 1. The van der Waals surface area contributed by atoms with Crippen LogP contribution in [0.5, 0.6) is 0 Å². The molecule has 1 fully saturated rings. The monoisotopic (exact) mass is 308 g/mol. The third-order valence-electron chi connectivity index (χ3n) is 2.07. The van der Waals surface area contributed by atoms with Crippen LogP contribution in [0.1, 0.15) is 0 Å². The van der Waals surface area contributed by atoms with E-state index in [2.05, 4.69) is 15.9 Å². The summed E-state index contributed by atoms with van der Waals surface area (Å²) in [5.41, 5.74) is 0. The molecule has 0 aromatic carbocycles. The summed E-state index contributed by atoms with van der Waals surface area (Å²) >= 11 is 6.52. The number of halogens is 1. The van der Waals surface area contributed by atoms with Gasteiger partial charge in [0, 0.05) is 0 Å². The number of carbonyl (C=O) groups is 1. The molecule has 0 amide bonds. The maximum Gasteiger partial charge on any atom is 0.327 e. The molecule has 1 aliphatic rings. The number of hydrogen-bond donors (Lipinski definition) is 0. The summed E-state index contributed by atoms with van der Waals surface area (Å²) in [6.45, 7) is 0.861. The van der Waals surface area contributed by atoms with Crippen molar-refractivity contribution >= 4 is 45.0 Å². The van der Waals surface area contributed by atoms with Crippen LogP contribution in [0.25, 0.3) is 0 Å². The van der Waals surface area contributed by atoms with E-state index in [1.807, 2.05) is 12.1 Å². The van der Waals surface area contributed by atoms with Crippen LogP contribution in [0.4, 0.5) is 0 Å². The van der Waals surface area contributed by atoms with E-state index in [1.54, 1.807) is 11.3 Å². The second-order valence-electron chi connectivity index (χ2n) is 3.14. The highest BCUT2D eigenvalue weighted by molar-refractivity contribution is 9.11. The molecule has 1 aliphatic heterocycles. The lowest BCUT2D eigenvalue weighted by Gasteiger charge is -2.37. The van der Waals surface area contributed by atoms with E-state index in [9.17, 15) is 4.79 Å². The Labute approximate surface area is 104 Å². The normalized spacial score (nSPS) is 18.3. The van der Waals surface area contributed by atoms with Gasteiger partial charge in [-0.15, -0.1) is 11.3 Å². The maximum atomic E-state index is 11.6. The molecule has 1 aromatic rings. The van der Waals surface area contributed by atoms with E-state index >= 15 is 0 Å². The van der Waals surface area contributed by atoms with Gasteiger partial charge in [-0.1, -0.05) is 11.8 Å². The first-order valence-electron chi connectivity index (χ1n) is 4.27. The zero-order valence-corrected chi connectivity index (χ0v) is 11.2. The van der Waals surface area contributed by atoms with Gasteiger partial charge < -0.3 is 9.47 Å². The second-order valence-corrected chi connectivity index (χ2v) is 7.29. The molecule has 0 radical (unpaired) electrons. The standard InChI is InChI=1S/C9H9BrO3S2/c1-12-8(11)9(4-13-5-9)15-7-3-2-6(10)14-7/h2-3H,4-5H2,1H3. The first-order chi connectivity index (χ1) is 7.16. The molecule has 0 atom stereocenters. The lowest BCUT2D eigenvalue weighted by Crippen LogP contribution is -2.53. The Morgan fingerprint density at radius 2 is 2.40 bits per heavy atom. The summed E-state index contributed by atoms with van der Waals surface area (Å²) in [7, 11) is 1.41. The van der Waals surface area contributed by atoms with Crippen molar-refractivity contribution in [1.82, 2.24) is 0 Å². The average molecular weight is 309 g/mol. The number of hydrogen-bond acceptors (Lipinski definition) is 5. The molecule has 82 valence electrons. The smallest absolute Gasteiger partial charge is 0.327 e. The van der Waals surface area contributed by atoms with Gasteiger partial charge in [-0.25, -0.2) is 0 Å². The Morgan fingerprint density at radius 3 is 2.80 bits per heavy atom. The predicted molar refractivity (Wildman–Crippen MR) is 63.4 cm³/mol. The van der Waals surface area contributed by atoms with Gasteiger partial charge in [-0.05, 0) is 28.1 Å². The molecule has 0 saturated carbocycles. The van der Waals surface area contributed by atoms with Crippen molar-refractivity contribution in [2.24, 2.45) is 0 Å². The van der Waals surface area contributed by atoms with Crippen LogP contribution < -0.4 is 0 Å². The van der Waals surface area contributed by atoms with Gasteiger partial charge in [0.2, 0.25) is 0 Å². The van der Waals surface area contributed by atoms with E-state index in [0.717, 1.165) is 8.00 Å². The lowest BCUT2D eigenvalue weighted by molar-refractivity contribution is -0.155. The molecular weight excluding hydrogens is 300 g/mol. The molecular formula is C9H9BrO3S2. The number of rotatable bonds is 3. The van der Waals surface area contributed by atoms with Crippen LogP contribution in [0.3, 0.4) is 0 Å². The van der Waals surface area contributed by atoms with Crippen LogP contribution in [0.2, 0.25) is 0 Å². The third kappa shape index (κ3) is 2.22. The van der Waals surface area contributed by atoms with Crippen LogP contribution in [-0.4, -0.2) is 31.0 Å². The first-order valence-corrected chi connectivity index (χ1v) is 6.69. The van der Waals surface area contributed by atoms with Gasteiger partial charge in [0.25, 0.3) is 0 Å². The van der Waals surface area contributed by atoms with E-state index in [4.69, 9.17) is 9.47 Å². The minimum atomic E-state index is -0.529. The van der Waals surface area contributed by atoms with Crippen LogP contribution in [0, 0.1) is 0 Å². The highest BCUT2D eigenvalue weighted by Crippen LogP contribution is 2.43. The van der Waals surface area contributed by atoms with Crippen molar-refractivity contribution in [3.63, 3.8) is 0 Å². The highest BCUT2D eigenvalue weighted by Gasteiger charge is 2.48. The Hall–Kier alpha value is -0.0400. The fourth-order valence-corrected chi connectivity index (χ4v) is 4.57. The maximum absolute atomic E-state index is 11.6. The number of methoxy groups -OCH3 is 1. The molecule has 0 unspecified atom stereocenters. The van der Waals surface area contributed by atoms with Gasteiger partial charge in [0.15, 0.2) is 4.75 Å². The molecule has 0 N–H and O–H groups in total. The number of carbonyl (C=O) groups excluding carboxylic acids is 1. The summed E-state index contributed by atoms with van der Waals surface area (Å²) in [5, 5.41) is 0. The number of ether oxygens (including phenoxy) is 2. The van der Waals surface area contributed by atoms with Crippen LogP contribution >= 0.6 is 39.0 Å². The lowest BCUT2D eigenvalue weighted by atomic mass is 10.1. The Bertz CT molecular complexity index is 373. The summed E-state index contributed by atoms with van der Waals surface area (Å²) < 4.78 is 11.5. The Kier molecular flexibility index (Phi) is 3.39. The topological polar surface area (TPSA) is 35.5 Å². The first kappa shape index (κ1) is 11.4. The molecule has 3 nitrogen and oxygen atoms in total. The quantitative estimate of drug-likeness (QED) is 0.804. The minimum absolute atomic E-state index is 0.205. The SMILES string of the molecule is COC(=O)C1(Sc2ccc(Br)s2)COC1. The van der Waals surface area contributed by atoms with Gasteiger partial charge >= 0.3 is 5.97 Å². The zero-order valence-electron chi connectivity index (χ0n) is 7.99. The molecule has 0 aliphatic carbocycles. The fraction of sp³-hybridized carbons (Fsp3) is 0.444.